The zero-order valence-electron chi connectivity index (χ0n) is 15.9. The largest absolute Gasteiger partial charge is 0.332 e. The molecule has 0 saturated carbocycles. The summed E-state index contributed by atoms with van der Waals surface area (Å²) in [6, 6.07) is 11.0. The lowest BCUT2D eigenvalue weighted by atomic mass is 10.1. The number of sulfonamides is 1. The molecule has 0 aromatic heterocycles. The summed E-state index contributed by atoms with van der Waals surface area (Å²) in [6.07, 6.45) is 0. The summed E-state index contributed by atoms with van der Waals surface area (Å²) in [4.78, 5) is 22.5. The number of thiocarbonyl (C=S) groups is 1. The predicted molar refractivity (Wildman–Crippen MR) is 113 cm³/mol. The molecule has 0 spiro atoms. The summed E-state index contributed by atoms with van der Waals surface area (Å²) >= 11 is 5.07. The van der Waals surface area contributed by atoms with Crippen molar-refractivity contribution in [2.24, 2.45) is 0 Å². The molecule has 0 fully saturated rings. The smallest absolute Gasteiger partial charge is 0.270 e. The van der Waals surface area contributed by atoms with E-state index in [1.807, 2.05) is 0 Å². The van der Waals surface area contributed by atoms with Gasteiger partial charge in [0.1, 0.15) is 0 Å². The normalized spacial score (nSPS) is 11.6. The molecule has 0 aliphatic heterocycles. The van der Waals surface area contributed by atoms with Crippen LogP contribution in [-0.2, 0) is 10.0 Å². The van der Waals surface area contributed by atoms with Gasteiger partial charge in [-0.15, -0.1) is 0 Å². The Kier molecular flexibility index (Phi) is 6.67. The predicted octanol–water partition coefficient (Wildman–Crippen LogP) is 2.80. The number of nitrogens with one attached hydrogen (secondary N) is 3. The number of nitrogens with zero attached hydrogens (tertiary/aromatic N) is 1. The van der Waals surface area contributed by atoms with Gasteiger partial charge in [-0.3, -0.25) is 20.2 Å². The van der Waals surface area contributed by atoms with Crippen molar-refractivity contribution in [2.75, 3.05) is 5.32 Å². The van der Waals surface area contributed by atoms with E-state index in [2.05, 4.69) is 15.4 Å². The third-order valence-corrected chi connectivity index (χ3v) is 5.39. The number of carbonyl (C=O) groups excluding carboxylic acids is 1. The fourth-order valence-corrected chi connectivity index (χ4v) is 3.91. The summed E-state index contributed by atoms with van der Waals surface area (Å²) in [5.41, 5.74) is -0.284. The zero-order chi connectivity index (χ0) is 21.8. The van der Waals surface area contributed by atoms with Crippen LogP contribution < -0.4 is 15.4 Å². The van der Waals surface area contributed by atoms with E-state index in [4.69, 9.17) is 12.2 Å². The van der Waals surface area contributed by atoms with Gasteiger partial charge in [-0.2, -0.15) is 0 Å². The second kappa shape index (κ2) is 8.64. The molecule has 0 heterocycles. The van der Waals surface area contributed by atoms with Crippen molar-refractivity contribution in [1.82, 2.24) is 10.0 Å². The lowest BCUT2D eigenvalue weighted by molar-refractivity contribution is -0.384. The molecule has 0 radical (unpaired) electrons. The highest BCUT2D eigenvalue weighted by atomic mass is 32.2. The highest BCUT2D eigenvalue weighted by Gasteiger charge is 2.21. The molecule has 29 heavy (non-hydrogen) atoms. The first-order valence-electron chi connectivity index (χ1n) is 8.38. The molecular weight excluding hydrogens is 416 g/mol. The summed E-state index contributed by atoms with van der Waals surface area (Å²) in [6.45, 7) is 5.22. The highest BCUT2D eigenvalue weighted by molar-refractivity contribution is 7.89. The molecule has 0 unspecified atom stereocenters. The molecule has 1 amide bonds. The zero-order valence-corrected chi connectivity index (χ0v) is 17.6. The molecule has 2 aromatic carbocycles. The van der Waals surface area contributed by atoms with Gasteiger partial charge in [0.25, 0.3) is 11.6 Å². The van der Waals surface area contributed by atoms with Gasteiger partial charge >= 0.3 is 0 Å². The Morgan fingerprint density at radius 1 is 1.10 bits per heavy atom. The number of hydrogen-bond donors (Lipinski definition) is 3. The van der Waals surface area contributed by atoms with Crippen molar-refractivity contribution in [2.45, 2.75) is 31.2 Å². The fourth-order valence-electron chi connectivity index (χ4n) is 2.28. The number of nitro groups is 1. The number of amides is 1. The number of benzene rings is 2. The van der Waals surface area contributed by atoms with Gasteiger partial charge in [-0.25, -0.2) is 13.1 Å². The van der Waals surface area contributed by atoms with Crippen LogP contribution in [0.15, 0.2) is 53.4 Å². The van der Waals surface area contributed by atoms with E-state index < -0.39 is 26.4 Å². The topological polar surface area (TPSA) is 130 Å². The maximum absolute atomic E-state index is 12.3. The average molecular weight is 437 g/mol. The second-order valence-corrected chi connectivity index (χ2v) is 9.19. The van der Waals surface area contributed by atoms with Crippen molar-refractivity contribution in [1.29, 1.82) is 0 Å². The number of rotatable bonds is 5. The third-order valence-electron chi connectivity index (χ3n) is 3.41. The molecule has 2 rings (SSSR count). The third kappa shape index (κ3) is 6.59. The Morgan fingerprint density at radius 3 is 2.28 bits per heavy atom. The molecule has 2 aromatic rings. The van der Waals surface area contributed by atoms with Crippen molar-refractivity contribution >= 4 is 44.6 Å². The van der Waals surface area contributed by atoms with Gasteiger partial charge in [0.2, 0.25) is 10.0 Å². The number of nitro benzene ring substituents is 1. The minimum Gasteiger partial charge on any atom is -0.332 e. The summed E-state index contributed by atoms with van der Waals surface area (Å²) in [7, 11) is -3.66. The van der Waals surface area contributed by atoms with Crippen molar-refractivity contribution in [3.63, 3.8) is 0 Å². The van der Waals surface area contributed by atoms with Crippen LogP contribution >= 0.6 is 12.2 Å². The van der Waals surface area contributed by atoms with Crippen LogP contribution in [0.25, 0.3) is 0 Å². The van der Waals surface area contributed by atoms with Crippen LogP contribution in [0.5, 0.6) is 0 Å². The quantitative estimate of drug-likeness (QED) is 0.373. The first-order valence-corrected chi connectivity index (χ1v) is 10.3. The summed E-state index contributed by atoms with van der Waals surface area (Å²) < 4.78 is 27.1. The van der Waals surface area contributed by atoms with Gasteiger partial charge in [0.05, 0.1) is 9.82 Å². The average Bonchev–Trinajstić information content (AvgIpc) is 2.60. The Labute approximate surface area is 173 Å². The first kappa shape index (κ1) is 22.4. The van der Waals surface area contributed by atoms with Crippen molar-refractivity contribution in [3.8, 4) is 0 Å². The number of hydrogen-bond acceptors (Lipinski definition) is 6. The van der Waals surface area contributed by atoms with E-state index in [1.54, 1.807) is 20.8 Å². The minimum atomic E-state index is -3.66. The van der Waals surface area contributed by atoms with E-state index >= 15 is 0 Å². The van der Waals surface area contributed by atoms with Crippen LogP contribution in [0.1, 0.15) is 31.1 Å². The van der Waals surface area contributed by atoms with E-state index in [1.165, 1.54) is 42.5 Å². The van der Waals surface area contributed by atoms with E-state index in [9.17, 15) is 23.3 Å². The van der Waals surface area contributed by atoms with Gasteiger partial charge in [0.15, 0.2) is 5.11 Å². The molecule has 3 N–H and O–H groups in total. The van der Waals surface area contributed by atoms with Crippen molar-refractivity contribution < 1.29 is 18.1 Å². The van der Waals surface area contributed by atoms with Crippen molar-refractivity contribution in [3.05, 3.63) is 64.2 Å². The lowest BCUT2D eigenvalue weighted by Gasteiger charge is -2.20. The summed E-state index contributed by atoms with van der Waals surface area (Å²) in [5.74, 6) is -0.611. The van der Waals surface area contributed by atoms with Crippen LogP contribution in [-0.4, -0.2) is 29.9 Å². The maximum atomic E-state index is 12.3. The van der Waals surface area contributed by atoms with E-state index in [0.29, 0.717) is 5.69 Å². The molecule has 0 aliphatic carbocycles. The van der Waals surface area contributed by atoms with Crippen LogP contribution in [0, 0.1) is 10.1 Å². The Hall–Kier alpha value is -2.89. The molecule has 0 saturated heterocycles. The highest BCUT2D eigenvalue weighted by Crippen LogP contribution is 2.17. The van der Waals surface area contributed by atoms with Crippen LogP contribution in [0.2, 0.25) is 0 Å². The number of carbonyl (C=O) groups is 1. The molecule has 9 nitrogen and oxygen atoms in total. The first-order chi connectivity index (χ1) is 13.4. The molecule has 0 atom stereocenters. The number of anilines is 1. The van der Waals surface area contributed by atoms with Gasteiger partial charge in [0, 0.05) is 28.9 Å². The van der Waals surface area contributed by atoms with Crippen LogP contribution in [0.3, 0.4) is 0 Å². The Bertz CT molecular complexity index is 1040. The number of non-ortho nitro benzene ring substituents is 1. The molecule has 154 valence electrons. The SMILES string of the molecule is CC(C)(C)NS(=O)(=O)c1ccc(NC(=S)NC(=O)c2cccc([N+](=O)[O-])c2)cc1. The molecule has 0 bridgehead atoms. The van der Waals surface area contributed by atoms with Gasteiger partial charge < -0.3 is 5.32 Å². The van der Waals surface area contributed by atoms with E-state index in [-0.39, 0.29) is 21.3 Å². The molecule has 0 aliphatic rings. The Morgan fingerprint density at radius 2 is 1.72 bits per heavy atom. The molecule has 11 heteroatoms. The standard InChI is InChI=1S/C18H20N4O5S2/c1-18(2,3)21-29(26,27)15-9-7-13(8-10-15)19-17(28)20-16(23)12-5-4-6-14(11-12)22(24)25/h4-11,21H,1-3H3,(H2,19,20,23,28). The fraction of sp³-hybridized carbons (Fsp3) is 0.222. The summed E-state index contributed by atoms with van der Waals surface area (Å²) in [5, 5.41) is 15.9. The van der Waals surface area contributed by atoms with E-state index in [0.717, 1.165) is 6.07 Å². The van der Waals surface area contributed by atoms with Gasteiger partial charge in [-0.1, -0.05) is 6.07 Å². The second-order valence-electron chi connectivity index (χ2n) is 7.10. The van der Waals surface area contributed by atoms with Gasteiger partial charge in [-0.05, 0) is 63.3 Å². The monoisotopic (exact) mass is 436 g/mol. The Balaban J connectivity index is 2.03. The minimum absolute atomic E-state index is 0.0371. The molecular formula is C18H20N4O5S2. The van der Waals surface area contributed by atoms with Crippen LogP contribution in [0.4, 0.5) is 11.4 Å². The maximum Gasteiger partial charge on any atom is 0.270 e. The lowest BCUT2D eigenvalue weighted by Crippen LogP contribution is -2.40.